The molecule has 13 heavy (non-hydrogen) atoms. The van der Waals surface area contributed by atoms with Gasteiger partial charge in [0.05, 0.1) is 0 Å². The van der Waals surface area contributed by atoms with Gasteiger partial charge in [0.2, 0.25) is 5.91 Å². The highest BCUT2D eigenvalue weighted by Gasteiger charge is 2.27. The first kappa shape index (κ1) is 10.0. The molecule has 0 radical (unpaired) electrons. The Hall–Kier alpha value is -1.06. The summed E-state index contributed by atoms with van der Waals surface area (Å²) < 4.78 is 0. The van der Waals surface area contributed by atoms with Crippen molar-refractivity contribution in [3.8, 4) is 0 Å². The van der Waals surface area contributed by atoms with Crippen LogP contribution in [0.1, 0.15) is 26.7 Å². The maximum Gasteiger partial charge on any atom is 0.326 e. The second-order valence-electron chi connectivity index (χ2n) is 3.63. The van der Waals surface area contributed by atoms with E-state index in [1.165, 1.54) is 4.90 Å². The summed E-state index contributed by atoms with van der Waals surface area (Å²) in [6.45, 7) is 4.61. The Morgan fingerprint density at radius 3 is 2.46 bits per heavy atom. The molecule has 1 rings (SSSR count). The van der Waals surface area contributed by atoms with Crippen molar-refractivity contribution in [2.75, 3.05) is 13.6 Å². The first-order chi connectivity index (χ1) is 6.04. The van der Waals surface area contributed by atoms with Crippen molar-refractivity contribution < 1.29 is 9.59 Å². The van der Waals surface area contributed by atoms with E-state index in [1.807, 2.05) is 13.8 Å². The van der Waals surface area contributed by atoms with Crippen LogP contribution in [0.3, 0.4) is 0 Å². The largest absolute Gasteiger partial charge is 0.326 e. The number of hydrogen-bond acceptors (Lipinski definition) is 2. The lowest BCUT2D eigenvalue weighted by atomic mass is 10.2. The molecule has 0 N–H and O–H groups in total. The minimum atomic E-state index is -0.169. The quantitative estimate of drug-likeness (QED) is 0.611. The predicted octanol–water partition coefficient (Wildman–Crippen LogP) is 1.07. The summed E-state index contributed by atoms with van der Waals surface area (Å²) >= 11 is 0. The van der Waals surface area contributed by atoms with Crippen LogP contribution in [-0.2, 0) is 4.79 Å². The van der Waals surface area contributed by atoms with Crippen molar-refractivity contribution in [2.45, 2.75) is 32.7 Å². The molecule has 0 bridgehead atoms. The van der Waals surface area contributed by atoms with Crippen LogP contribution in [0.2, 0.25) is 0 Å². The van der Waals surface area contributed by atoms with Gasteiger partial charge in [-0.15, -0.1) is 0 Å². The molecule has 0 aromatic carbocycles. The molecule has 1 heterocycles. The Morgan fingerprint density at radius 2 is 1.92 bits per heavy atom. The molecule has 3 amide bonds. The third-order valence-electron chi connectivity index (χ3n) is 2.32. The monoisotopic (exact) mass is 184 g/mol. The topological polar surface area (TPSA) is 40.6 Å². The van der Waals surface area contributed by atoms with E-state index >= 15 is 0 Å². The van der Waals surface area contributed by atoms with Gasteiger partial charge in [-0.05, 0) is 20.3 Å². The summed E-state index contributed by atoms with van der Waals surface area (Å²) in [5.74, 6) is -0.0758. The van der Waals surface area contributed by atoms with Crippen molar-refractivity contribution in [3.05, 3.63) is 0 Å². The molecular formula is C9H16N2O2. The number of carbonyl (C=O) groups is 2. The highest BCUT2D eigenvalue weighted by molar-refractivity contribution is 5.94. The van der Waals surface area contributed by atoms with Crippen molar-refractivity contribution >= 4 is 11.9 Å². The highest BCUT2D eigenvalue weighted by atomic mass is 16.2. The summed E-state index contributed by atoms with van der Waals surface area (Å²) in [6.07, 6.45) is 1.25. The molecule has 0 atom stereocenters. The lowest BCUT2D eigenvalue weighted by molar-refractivity contribution is -0.127. The van der Waals surface area contributed by atoms with Crippen molar-refractivity contribution in [1.29, 1.82) is 0 Å². The average molecular weight is 184 g/mol. The second kappa shape index (κ2) is 3.77. The van der Waals surface area contributed by atoms with Crippen LogP contribution in [0.5, 0.6) is 0 Å². The zero-order chi connectivity index (χ0) is 10.0. The van der Waals surface area contributed by atoms with Gasteiger partial charge in [0.1, 0.15) is 0 Å². The lowest BCUT2D eigenvalue weighted by Gasteiger charge is -2.27. The fraction of sp³-hybridized carbons (Fsp3) is 0.778. The number of urea groups is 1. The van der Waals surface area contributed by atoms with E-state index in [-0.39, 0.29) is 18.0 Å². The number of rotatable bonds is 1. The Balaban J connectivity index is 2.78. The SMILES string of the molecule is CC(C)N1CCCC(=O)N(C)C1=O. The number of nitrogens with zero attached hydrogens (tertiary/aromatic N) is 2. The van der Waals surface area contributed by atoms with Gasteiger partial charge in [-0.1, -0.05) is 0 Å². The summed E-state index contributed by atoms with van der Waals surface area (Å²) in [4.78, 5) is 25.8. The van der Waals surface area contributed by atoms with Gasteiger partial charge < -0.3 is 4.90 Å². The highest BCUT2D eigenvalue weighted by Crippen LogP contribution is 2.11. The molecule has 0 aliphatic carbocycles. The maximum absolute atomic E-state index is 11.6. The molecule has 1 aliphatic rings. The van der Waals surface area contributed by atoms with E-state index < -0.39 is 0 Å². The maximum atomic E-state index is 11.6. The van der Waals surface area contributed by atoms with E-state index in [1.54, 1.807) is 11.9 Å². The van der Waals surface area contributed by atoms with Crippen LogP contribution in [-0.4, -0.2) is 41.4 Å². The Kier molecular flexibility index (Phi) is 2.90. The molecule has 0 aromatic rings. The molecule has 1 fully saturated rings. The number of hydrogen-bond donors (Lipinski definition) is 0. The molecule has 4 nitrogen and oxygen atoms in total. The van der Waals surface area contributed by atoms with Crippen LogP contribution in [0.4, 0.5) is 4.79 Å². The van der Waals surface area contributed by atoms with Crippen LogP contribution in [0.15, 0.2) is 0 Å². The summed E-state index contributed by atoms with van der Waals surface area (Å²) in [7, 11) is 1.55. The average Bonchev–Trinajstić information content (AvgIpc) is 2.18. The van der Waals surface area contributed by atoms with Gasteiger partial charge in [0.25, 0.3) is 0 Å². The fourth-order valence-corrected chi connectivity index (χ4v) is 1.44. The molecular weight excluding hydrogens is 168 g/mol. The smallest absolute Gasteiger partial charge is 0.322 e. The number of imide groups is 1. The minimum absolute atomic E-state index is 0.0758. The second-order valence-corrected chi connectivity index (χ2v) is 3.63. The Bertz CT molecular complexity index is 226. The predicted molar refractivity (Wildman–Crippen MR) is 49.2 cm³/mol. The first-order valence-electron chi connectivity index (χ1n) is 4.61. The van der Waals surface area contributed by atoms with Gasteiger partial charge in [-0.2, -0.15) is 0 Å². The molecule has 0 saturated carbocycles. The van der Waals surface area contributed by atoms with Gasteiger partial charge >= 0.3 is 6.03 Å². The molecule has 0 unspecified atom stereocenters. The van der Waals surface area contributed by atoms with Gasteiger partial charge in [-0.25, -0.2) is 4.79 Å². The standard InChI is InChI=1S/C9H16N2O2/c1-7(2)11-6-4-5-8(12)10(3)9(11)13/h7H,4-6H2,1-3H3. The van der Waals surface area contributed by atoms with Crippen molar-refractivity contribution in [2.24, 2.45) is 0 Å². The molecule has 4 heteroatoms. The van der Waals surface area contributed by atoms with Crippen LogP contribution in [0, 0.1) is 0 Å². The fourth-order valence-electron chi connectivity index (χ4n) is 1.44. The molecule has 74 valence electrons. The summed E-state index contributed by atoms with van der Waals surface area (Å²) in [5.41, 5.74) is 0. The zero-order valence-corrected chi connectivity index (χ0v) is 8.41. The van der Waals surface area contributed by atoms with E-state index in [4.69, 9.17) is 0 Å². The molecule has 1 aliphatic heterocycles. The van der Waals surface area contributed by atoms with Gasteiger partial charge in [0.15, 0.2) is 0 Å². The van der Waals surface area contributed by atoms with Crippen LogP contribution >= 0.6 is 0 Å². The Labute approximate surface area is 78.5 Å². The Morgan fingerprint density at radius 1 is 1.31 bits per heavy atom. The van der Waals surface area contributed by atoms with Gasteiger partial charge in [-0.3, -0.25) is 9.69 Å². The lowest BCUT2D eigenvalue weighted by Crippen LogP contribution is -2.44. The zero-order valence-electron chi connectivity index (χ0n) is 8.41. The normalized spacial score (nSPS) is 19.7. The van der Waals surface area contributed by atoms with Crippen LogP contribution < -0.4 is 0 Å². The molecule has 0 aromatic heterocycles. The molecule has 0 spiro atoms. The molecule has 1 saturated heterocycles. The summed E-state index contributed by atoms with van der Waals surface area (Å²) in [5, 5.41) is 0. The number of amides is 3. The third-order valence-corrected chi connectivity index (χ3v) is 2.32. The third kappa shape index (κ3) is 1.99. The van der Waals surface area contributed by atoms with Crippen molar-refractivity contribution in [1.82, 2.24) is 9.80 Å². The van der Waals surface area contributed by atoms with E-state index in [0.29, 0.717) is 13.0 Å². The van der Waals surface area contributed by atoms with Crippen molar-refractivity contribution in [3.63, 3.8) is 0 Å². The summed E-state index contributed by atoms with van der Waals surface area (Å²) in [6, 6.07) is -0.00153. The minimum Gasteiger partial charge on any atom is -0.322 e. The first-order valence-corrected chi connectivity index (χ1v) is 4.61. The van der Waals surface area contributed by atoms with Crippen LogP contribution in [0.25, 0.3) is 0 Å². The van der Waals surface area contributed by atoms with E-state index in [0.717, 1.165) is 6.42 Å². The van der Waals surface area contributed by atoms with Gasteiger partial charge in [0, 0.05) is 26.1 Å². The number of carbonyl (C=O) groups excluding carboxylic acids is 2. The van der Waals surface area contributed by atoms with E-state index in [9.17, 15) is 9.59 Å². The van der Waals surface area contributed by atoms with E-state index in [2.05, 4.69) is 0 Å².